The molecule has 0 fully saturated rings. The molecular weight excluding hydrogens is 161 g/mol. The van der Waals surface area contributed by atoms with Crippen LogP contribution in [0.5, 0.6) is 5.75 Å². The lowest BCUT2D eigenvalue weighted by Crippen LogP contribution is -2.14. The van der Waals surface area contributed by atoms with Gasteiger partial charge >= 0.3 is 0 Å². The van der Waals surface area contributed by atoms with Gasteiger partial charge in [0.1, 0.15) is 17.8 Å². The average Bonchev–Trinajstić information content (AvgIpc) is 1.94. The summed E-state index contributed by atoms with van der Waals surface area (Å²) < 4.78 is 12.9. The van der Waals surface area contributed by atoms with Gasteiger partial charge in [0, 0.05) is 6.07 Å². The molecule has 66 valence electrons. The number of anilines is 1. The van der Waals surface area contributed by atoms with Crippen LogP contribution in [-0.4, -0.2) is 16.4 Å². The number of hydrogen-bond acceptors (Lipinski definition) is 3. The van der Waals surface area contributed by atoms with Crippen LogP contribution < -0.4 is 5.32 Å². The molecule has 0 aliphatic heterocycles. The lowest BCUT2D eigenvalue weighted by molar-refractivity contribution is 0.224. The van der Waals surface area contributed by atoms with Crippen molar-refractivity contribution >= 4 is 5.69 Å². The Morgan fingerprint density at radius 1 is 1.50 bits per heavy atom. The van der Waals surface area contributed by atoms with Crippen LogP contribution >= 0.6 is 0 Å². The number of aliphatic hydroxyl groups excluding tert-OH is 1. The third-order valence-corrected chi connectivity index (χ3v) is 1.32. The van der Waals surface area contributed by atoms with Crippen molar-refractivity contribution in [1.29, 1.82) is 0 Å². The highest BCUT2D eigenvalue weighted by Gasteiger charge is 2.03. The molecule has 3 N–H and O–H groups in total. The molecule has 4 heteroatoms. The number of aromatic hydroxyl groups is 1. The van der Waals surface area contributed by atoms with Crippen molar-refractivity contribution < 1.29 is 14.6 Å². The molecule has 0 aliphatic carbocycles. The summed E-state index contributed by atoms with van der Waals surface area (Å²) in [6, 6.07) is 3.68. The van der Waals surface area contributed by atoms with Crippen LogP contribution in [0.1, 0.15) is 6.92 Å². The first-order valence-electron chi connectivity index (χ1n) is 3.52. The molecule has 1 aromatic carbocycles. The van der Waals surface area contributed by atoms with Crippen molar-refractivity contribution in [3.8, 4) is 5.75 Å². The highest BCUT2D eigenvalue weighted by Crippen LogP contribution is 2.19. The van der Waals surface area contributed by atoms with Crippen molar-refractivity contribution in [2.75, 3.05) is 5.32 Å². The number of phenolic OH excluding ortho intramolecular Hbond substituents is 1. The zero-order chi connectivity index (χ0) is 9.14. The molecule has 0 amide bonds. The maximum Gasteiger partial charge on any atom is 0.150 e. The molecule has 3 nitrogen and oxygen atoms in total. The molecule has 0 aromatic heterocycles. The van der Waals surface area contributed by atoms with E-state index in [0.29, 0.717) is 0 Å². The fourth-order valence-corrected chi connectivity index (χ4v) is 0.846. The smallest absolute Gasteiger partial charge is 0.150 e. The van der Waals surface area contributed by atoms with Crippen LogP contribution in [-0.2, 0) is 0 Å². The lowest BCUT2D eigenvalue weighted by atomic mass is 10.3. The second kappa shape index (κ2) is 3.40. The minimum atomic E-state index is -0.816. The van der Waals surface area contributed by atoms with E-state index in [0.717, 1.165) is 6.07 Å². The fraction of sp³-hybridized carbons (Fsp3) is 0.250. The summed E-state index contributed by atoms with van der Waals surface area (Å²) in [6.07, 6.45) is -0.816. The van der Waals surface area contributed by atoms with Crippen LogP contribution in [0.15, 0.2) is 18.2 Å². The predicted octanol–water partition coefficient (Wildman–Crippen LogP) is 1.28. The molecule has 1 aromatic rings. The minimum Gasteiger partial charge on any atom is -0.508 e. The van der Waals surface area contributed by atoms with Gasteiger partial charge in [0.25, 0.3) is 0 Å². The van der Waals surface area contributed by atoms with E-state index in [1.54, 1.807) is 0 Å². The molecule has 1 unspecified atom stereocenters. The highest BCUT2D eigenvalue weighted by atomic mass is 19.1. The molecule has 0 saturated carbocycles. The van der Waals surface area contributed by atoms with Crippen LogP contribution in [0.2, 0.25) is 0 Å². The number of benzene rings is 1. The number of hydrogen-bond donors (Lipinski definition) is 3. The zero-order valence-electron chi connectivity index (χ0n) is 6.58. The van der Waals surface area contributed by atoms with Gasteiger partial charge < -0.3 is 15.5 Å². The molecule has 12 heavy (non-hydrogen) atoms. The minimum absolute atomic E-state index is 0.136. The summed E-state index contributed by atoms with van der Waals surface area (Å²) in [7, 11) is 0. The van der Waals surface area contributed by atoms with Crippen molar-refractivity contribution in [3.63, 3.8) is 0 Å². The summed E-state index contributed by atoms with van der Waals surface area (Å²) in [5.74, 6) is -0.723. The second-order valence-corrected chi connectivity index (χ2v) is 2.48. The molecule has 1 rings (SSSR count). The monoisotopic (exact) mass is 171 g/mol. The van der Waals surface area contributed by atoms with Crippen molar-refractivity contribution in [1.82, 2.24) is 0 Å². The Bertz CT molecular complexity index is 276. The van der Waals surface area contributed by atoms with E-state index in [-0.39, 0.29) is 11.4 Å². The maximum absolute atomic E-state index is 12.9. The summed E-state index contributed by atoms with van der Waals surface area (Å²) >= 11 is 0. The largest absolute Gasteiger partial charge is 0.508 e. The number of aliphatic hydroxyl groups is 1. The Kier molecular flexibility index (Phi) is 2.50. The summed E-state index contributed by atoms with van der Waals surface area (Å²) in [5, 5.41) is 20.2. The average molecular weight is 171 g/mol. The van der Waals surface area contributed by atoms with E-state index in [1.165, 1.54) is 19.1 Å². The van der Waals surface area contributed by atoms with Crippen molar-refractivity contribution in [3.05, 3.63) is 24.0 Å². The quantitative estimate of drug-likeness (QED) is 0.464. The first kappa shape index (κ1) is 8.80. The Morgan fingerprint density at radius 2 is 2.17 bits per heavy atom. The zero-order valence-corrected chi connectivity index (χ0v) is 6.58. The Labute approximate surface area is 69.5 Å². The topological polar surface area (TPSA) is 52.5 Å². The standard InChI is InChI=1S/C8H10FNO2/c1-5(11)10-8-3-2-6(12)4-7(8)9/h2-5,10-12H,1H3. The predicted molar refractivity (Wildman–Crippen MR) is 43.4 cm³/mol. The summed E-state index contributed by atoms with van der Waals surface area (Å²) in [5.41, 5.74) is 0.169. The molecule has 0 spiro atoms. The van der Waals surface area contributed by atoms with Gasteiger partial charge in [-0.3, -0.25) is 0 Å². The SMILES string of the molecule is CC(O)Nc1ccc(O)cc1F. The third kappa shape index (κ3) is 2.10. The second-order valence-electron chi connectivity index (χ2n) is 2.48. The van der Waals surface area contributed by atoms with Crippen LogP contribution in [0.3, 0.4) is 0 Å². The van der Waals surface area contributed by atoms with Gasteiger partial charge in [-0.25, -0.2) is 4.39 Å². The van der Waals surface area contributed by atoms with Gasteiger partial charge in [-0.2, -0.15) is 0 Å². The molecule has 0 aliphatic rings. The first-order valence-corrected chi connectivity index (χ1v) is 3.52. The van der Waals surface area contributed by atoms with E-state index >= 15 is 0 Å². The van der Waals surface area contributed by atoms with Crippen molar-refractivity contribution in [2.24, 2.45) is 0 Å². The molecule has 0 saturated heterocycles. The lowest BCUT2D eigenvalue weighted by Gasteiger charge is -2.09. The number of nitrogens with one attached hydrogen (secondary N) is 1. The number of halogens is 1. The van der Waals surface area contributed by atoms with E-state index in [1.807, 2.05) is 0 Å². The molecular formula is C8H10FNO2. The van der Waals surface area contributed by atoms with Gasteiger partial charge in [0.05, 0.1) is 5.69 Å². The van der Waals surface area contributed by atoms with Gasteiger partial charge in [-0.15, -0.1) is 0 Å². The van der Waals surface area contributed by atoms with Gasteiger partial charge in [0.2, 0.25) is 0 Å². The Morgan fingerprint density at radius 3 is 2.67 bits per heavy atom. The Hall–Kier alpha value is -1.29. The Balaban J connectivity index is 2.86. The summed E-state index contributed by atoms with van der Waals surface area (Å²) in [6.45, 7) is 1.48. The van der Waals surface area contributed by atoms with Crippen molar-refractivity contribution in [2.45, 2.75) is 13.2 Å². The van der Waals surface area contributed by atoms with Gasteiger partial charge in [-0.1, -0.05) is 0 Å². The third-order valence-electron chi connectivity index (χ3n) is 1.32. The van der Waals surface area contributed by atoms with Crippen LogP contribution in [0, 0.1) is 5.82 Å². The highest BCUT2D eigenvalue weighted by molar-refractivity contribution is 5.47. The van der Waals surface area contributed by atoms with E-state index < -0.39 is 12.0 Å². The molecule has 1 atom stereocenters. The fourth-order valence-electron chi connectivity index (χ4n) is 0.846. The first-order chi connectivity index (χ1) is 5.59. The van der Waals surface area contributed by atoms with E-state index in [9.17, 15) is 4.39 Å². The molecule has 0 heterocycles. The van der Waals surface area contributed by atoms with E-state index in [4.69, 9.17) is 10.2 Å². The number of rotatable bonds is 2. The molecule has 0 radical (unpaired) electrons. The van der Waals surface area contributed by atoms with Gasteiger partial charge in [0.15, 0.2) is 0 Å². The van der Waals surface area contributed by atoms with E-state index in [2.05, 4.69) is 5.32 Å². The molecule has 0 bridgehead atoms. The van der Waals surface area contributed by atoms with Gasteiger partial charge in [-0.05, 0) is 19.1 Å². The number of phenols is 1. The maximum atomic E-state index is 12.9. The normalized spacial score (nSPS) is 12.6. The summed E-state index contributed by atoms with van der Waals surface area (Å²) in [4.78, 5) is 0. The van der Waals surface area contributed by atoms with Crippen LogP contribution in [0.25, 0.3) is 0 Å². The van der Waals surface area contributed by atoms with Crippen LogP contribution in [0.4, 0.5) is 10.1 Å².